The van der Waals surface area contributed by atoms with Crippen molar-refractivity contribution in [3.63, 3.8) is 0 Å². The number of allylic oxidation sites excluding steroid dienone is 1. The molecule has 9 rings (SSSR count). The van der Waals surface area contributed by atoms with Gasteiger partial charge in [0.2, 0.25) is 0 Å². The Balaban J connectivity index is 1.16. The molecule has 0 unspecified atom stereocenters. The molecular weight excluding hydrogens is 609 g/mol. The number of rotatable bonds is 5. The van der Waals surface area contributed by atoms with Gasteiger partial charge in [-0.1, -0.05) is 165 Å². The minimum atomic E-state index is 1.01. The molecule has 0 saturated carbocycles. The van der Waals surface area contributed by atoms with Crippen molar-refractivity contribution in [2.75, 3.05) is 0 Å². The Morgan fingerprint density at radius 1 is 0.429 bits per heavy atom. The third-order valence-electron chi connectivity index (χ3n) is 9.80. The second-order valence-corrected chi connectivity index (χ2v) is 13.7. The van der Waals surface area contributed by atoms with E-state index in [1.165, 1.54) is 69.5 Å². The molecule has 1 heterocycles. The van der Waals surface area contributed by atoms with E-state index >= 15 is 0 Å². The lowest BCUT2D eigenvalue weighted by Crippen LogP contribution is -2.28. The van der Waals surface area contributed by atoms with Gasteiger partial charge in [-0.3, -0.25) is 0 Å². The van der Waals surface area contributed by atoms with E-state index in [1.54, 1.807) is 0 Å². The summed E-state index contributed by atoms with van der Waals surface area (Å²) in [5.41, 5.74) is 9.54. The van der Waals surface area contributed by atoms with Crippen molar-refractivity contribution >= 4 is 65.7 Å². The highest BCUT2D eigenvalue weighted by Gasteiger charge is 2.15. The Bertz CT molecular complexity index is 2830. The van der Waals surface area contributed by atoms with E-state index in [1.807, 2.05) is 17.4 Å². The van der Waals surface area contributed by atoms with E-state index in [0.717, 1.165) is 27.1 Å². The Kier molecular flexibility index (Phi) is 7.08. The Hall–Kier alpha value is -6.02. The van der Waals surface area contributed by atoms with Gasteiger partial charge in [0.15, 0.2) is 0 Å². The van der Waals surface area contributed by atoms with Crippen molar-refractivity contribution in [1.82, 2.24) is 0 Å². The van der Waals surface area contributed by atoms with Gasteiger partial charge in [0, 0.05) is 20.2 Å². The molecule has 9 aromatic rings. The molecule has 0 bridgehead atoms. The fraction of sp³-hybridized carbons (Fsp3) is 0. The van der Waals surface area contributed by atoms with E-state index in [9.17, 15) is 0 Å². The number of fused-ring (bicyclic) bond motifs is 5. The topological polar surface area (TPSA) is 0 Å². The second kappa shape index (κ2) is 11.9. The van der Waals surface area contributed by atoms with Crippen LogP contribution in [0.3, 0.4) is 0 Å². The number of hydrogen-bond acceptors (Lipinski definition) is 1. The van der Waals surface area contributed by atoms with E-state index < -0.39 is 0 Å². The smallest absolute Gasteiger partial charge is 0.0355 e. The van der Waals surface area contributed by atoms with Gasteiger partial charge in [0.05, 0.1) is 0 Å². The van der Waals surface area contributed by atoms with Crippen molar-refractivity contribution in [2.24, 2.45) is 0 Å². The molecule has 0 saturated heterocycles. The first-order valence-electron chi connectivity index (χ1n) is 16.6. The predicted octanol–water partition coefficient (Wildman–Crippen LogP) is 12.4. The molecule has 0 aliphatic rings. The summed E-state index contributed by atoms with van der Waals surface area (Å²) in [4.78, 5) is 0. The summed E-state index contributed by atoms with van der Waals surface area (Å²) in [5, 5.41) is 9.66. The fourth-order valence-corrected chi connectivity index (χ4v) is 8.57. The zero-order chi connectivity index (χ0) is 32.9. The van der Waals surface area contributed by atoms with Crippen LogP contribution in [0.15, 0.2) is 170 Å². The molecule has 0 aliphatic heterocycles. The number of thiophene rings is 1. The van der Waals surface area contributed by atoms with Crippen LogP contribution in [0.1, 0.15) is 0 Å². The van der Waals surface area contributed by atoms with Crippen LogP contribution in [0.25, 0.3) is 98.9 Å². The molecule has 230 valence electrons. The molecule has 8 aromatic carbocycles. The van der Waals surface area contributed by atoms with Crippen molar-refractivity contribution in [1.29, 1.82) is 0 Å². The van der Waals surface area contributed by atoms with Gasteiger partial charge in [0.1, 0.15) is 0 Å². The Morgan fingerprint density at radius 2 is 0.980 bits per heavy atom. The van der Waals surface area contributed by atoms with E-state index in [-0.39, 0.29) is 0 Å². The summed E-state index contributed by atoms with van der Waals surface area (Å²) in [7, 11) is 0. The third kappa shape index (κ3) is 4.90. The van der Waals surface area contributed by atoms with Crippen molar-refractivity contribution in [3.05, 3.63) is 181 Å². The molecule has 0 radical (unpaired) electrons. The van der Waals surface area contributed by atoms with Gasteiger partial charge in [0.25, 0.3) is 0 Å². The van der Waals surface area contributed by atoms with Crippen LogP contribution >= 0.6 is 11.3 Å². The fourth-order valence-electron chi connectivity index (χ4n) is 7.48. The summed E-state index contributed by atoms with van der Waals surface area (Å²) in [5.74, 6) is 0. The van der Waals surface area contributed by atoms with Crippen LogP contribution in [-0.4, -0.2) is 0 Å². The molecule has 1 heteroatoms. The first-order valence-corrected chi connectivity index (χ1v) is 17.5. The Labute approximate surface area is 289 Å². The highest BCUT2D eigenvalue weighted by molar-refractivity contribution is 7.25. The quantitative estimate of drug-likeness (QED) is 0.176. The molecule has 49 heavy (non-hydrogen) atoms. The zero-order valence-corrected chi connectivity index (χ0v) is 27.8. The highest BCUT2D eigenvalue weighted by atomic mass is 32.1. The Morgan fingerprint density at radius 3 is 1.73 bits per heavy atom. The number of benzene rings is 8. The van der Waals surface area contributed by atoms with Crippen LogP contribution < -0.4 is 10.4 Å². The van der Waals surface area contributed by atoms with E-state index in [4.69, 9.17) is 6.58 Å². The average molecular weight is 641 g/mol. The monoisotopic (exact) mass is 640 g/mol. The van der Waals surface area contributed by atoms with Crippen molar-refractivity contribution in [2.45, 2.75) is 0 Å². The van der Waals surface area contributed by atoms with Gasteiger partial charge < -0.3 is 0 Å². The van der Waals surface area contributed by atoms with Crippen LogP contribution in [0.2, 0.25) is 0 Å². The highest BCUT2D eigenvalue weighted by Crippen LogP contribution is 2.38. The molecule has 0 N–H and O–H groups in total. The summed E-state index contributed by atoms with van der Waals surface area (Å²) < 4.78 is 2.65. The summed E-state index contributed by atoms with van der Waals surface area (Å²) >= 11 is 1.86. The van der Waals surface area contributed by atoms with Crippen LogP contribution in [0.5, 0.6) is 0 Å². The molecule has 0 amide bonds. The predicted molar refractivity (Wildman–Crippen MR) is 216 cm³/mol. The van der Waals surface area contributed by atoms with E-state index in [2.05, 4.69) is 170 Å². The maximum Gasteiger partial charge on any atom is 0.0355 e. The van der Waals surface area contributed by atoms with Crippen LogP contribution in [-0.2, 0) is 0 Å². The SMILES string of the molecule is C=C/C=c1/c(-c2ccc(-c3cccc4ccccc34)cc2)c2ccccc2c(-c2ccc(-c3ccc4sc5ccccc5c4c3)cc2)c1=C. The first kappa shape index (κ1) is 29.1. The van der Waals surface area contributed by atoms with Crippen molar-refractivity contribution in [3.8, 4) is 44.5 Å². The molecule has 0 fully saturated rings. The van der Waals surface area contributed by atoms with Gasteiger partial charge in [-0.05, 0) is 94.7 Å². The van der Waals surface area contributed by atoms with Gasteiger partial charge in [-0.2, -0.15) is 0 Å². The largest absolute Gasteiger partial charge is 0.135 e. The molecular formula is C48H32S. The van der Waals surface area contributed by atoms with Gasteiger partial charge in [-0.15, -0.1) is 11.3 Å². The minimum absolute atomic E-state index is 1.01. The maximum atomic E-state index is 4.71. The van der Waals surface area contributed by atoms with Crippen LogP contribution in [0.4, 0.5) is 0 Å². The normalized spacial score (nSPS) is 12.0. The molecule has 0 nitrogen and oxygen atoms in total. The van der Waals surface area contributed by atoms with Gasteiger partial charge >= 0.3 is 0 Å². The number of hydrogen-bond donors (Lipinski definition) is 0. The van der Waals surface area contributed by atoms with Crippen molar-refractivity contribution < 1.29 is 0 Å². The summed E-state index contributed by atoms with van der Waals surface area (Å²) in [6.07, 6.45) is 3.99. The standard InChI is InChI=1S/C48H32S/c1-3-11-38-31(2)47(35-24-20-32(21-25-35)37-28-29-46-44(30-37)41-15-8-9-19-45(41)49-46)42-16-6-7-17-43(42)48(38)36-26-22-34(23-27-36)40-18-10-13-33-12-4-5-14-39(33)40/h3-30H,1-2H2/b38-11+. The molecule has 0 atom stereocenters. The lowest BCUT2D eigenvalue weighted by atomic mass is 9.87. The first-order chi connectivity index (χ1) is 24.2. The lowest BCUT2D eigenvalue weighted by molar-refractivity contribution is 1.52. The average Bonchev–Trinajstić information content (AvgIpc) is 3.53. The lowest BCUT2D eigenvalue weighted by Gasteiger charge is -2.16. The second-order valence-electron chi connectivity index (χ2n) is 12.6. The molecule has 0 aliphatic carbocycles. The van der Waals surface area contributed by atoms with E-state index in [0.29, 0.717) is 0 Å². The molecule has 1 aromatic heterocycles. The van der Waals surface area contributed by atoms with Gasteiger partial charge in [-0.25, -0.2) is 0 Å². The molecule has 0 spiro atoms. The summed E-state index contributed by atoms with van der Waals surface area (Å²) in [6.45, 7) is 8.81. The third-order valence-corrected chi connectivity index (χ3v) is 11.0. The van der Waals surface area contributed by atoms with Crippen LogP contribution in [0, 0.1) is 0 Å². The zero-order valence-electron chi connectivity index (χ0n) is 27.0. The maximum absolute atomic E-state index is 4.71. The minimum Gasteiger partial charge on any atom is -0.135 e. The summed E-state index contributed by atoms with van der Waals surface area (Å²) in [6, 6.07) is 57.3.